The van der Waals surface area contributed by atoms with E-state index in [4.69, 9.17) is 0 Å². The molecule has 3 aromatic carbocycles. The van der Waals surface area contributed by atoms with E-state index in [-0.39, 0.29) is 23.8 Å². The fourth-order valence-corrected chi connectivity index (χ4v) is 3.81. The van der Waals surface area contributed by atoms with Crippen molar-refractivity contribution in [3.8, 4) is 11.4 Å². The Kier molecular flexibility index (Phi) is 3.79. The van der Waals surface area contributed by atoms with E-state index in [2.05, 4.69) is 15.3 Å². The number of nitrogens with one attached hydrogen (secondary N) is 2. The van der Waals surface area contributed by atoms with Crippen LogP contribution in [0.15, 0.2) is 77.6 Å². The number of aromatic nitrogens is 2. The predicted octanol–water partition coefficient (Wildman–Crippen LogP) is 4.06. The second-order valence-corrected chi connectivity index (χ2v) is 6.95. The smallest absolute Gasteiger partial charge is 0.257 e. The van der Waals surface area contributed by atoms with Crippen molar-refractivity contribution in [3.05, 3.63) is 94.3 Å². The Balaban J connectivity index is 1.66. The van der Waals surface area contributed by atoms with Gasteiger partial charge in [0.15, 0.2) is 0 Å². The summed E-state index contributed by atoms with van der Waals surface area (Å²) in [6, 6.07) is 23.5. The van der Waals surface area contributed by atoms with Crippen LogP contribution in [0.2, 0.25) is 0 Å². The van der Waals surface area contributed by atoms with Crippen molar-refractivity contribution >= 4 is 22.5 Å². The normalized spacial score (nSPS) is 15.9. The molecule has 0 radical (unpaired) electrons. The molecule has 0 fully saturated rings. The summed E-state index contributed by atoms with van der Waals surface area (Å²) in [5.74, 6) is 0.332. The number of aromatic amines is 1. The number of amides is 1. The number of rotatable bonds is 2. The molecule has 2 heterocycles. The van der Waals surface area contributed by atoms with Gasteiger partial charge in [-0.2, -0.15) is 0 Å². The highest BCUT2D eigenvalue weighted by molar-refractivity contribution is 5.94. The maximum Gasteiger partial charge on any atom is 0.257 e. The van der Waals surface area contributed by atoms with Crippen LogP contribution in [-0.4, -0.2) is 15.9 Å². The van der Waals surface area contributed by atoms with Gasteiger partial charge in [-0.1, -0.05) is 72.8 Å². The highest BCUT2D eigenvalue weighted by Crippen LogP contribution is 2.35. The minimum atomic E-state index is -0.325. The summed E-state index contributed by atoms with van der Waals surface area (Å²) >= 11 is 0. The summed E-state index contributed by atoms with van der Waals surface area (Å²) in [6.45, 7) is 0. The summed E-state index contributed by atoms with van der Waals surface area (Å²) < 4.78 is 0. The number of carbonyl (C=O) groups is 1. The van der Waals surface area contributed by atoms with E-state index in [1.165, 1.54) is 0 Å². The number of benzene rings is 3. The zero-order valence-corrected chi connectivity index (χ0v) is 15.0. The van der Waals surface area contributed by atoms with Gasteiger partial charge in [-0.15, -0.1) is 0 Å². The molecular weight excluding hydrogens is 350 g/mol. The molecule has 2 N–H and O–H groups in total. The minimum Gasteiger partial charge on any atom is -0.310 e. The van der Waals surface area contributed by atoms with Crippen LogP contribution in [0.3, 0.4) is 0 Å². The fourth-order valence-electron chi connectivity index (χ4n) is 3.81. The molecule has 28 heavy (non-hydrogen) atoms. The fraction of sp³-hybridized carbons (Fsp3) is 0.0870. The van der Waals surface area contributed by atoms with Gasteiger partial charge >= 0.3 is 0 Å². The molecule has 0 saturated carbocycles. The number of H-pyrrole nitrogens is 1. The molecule has 0 bridgehead atoms. The molecule has 136 valence electrons. The molecule has 0 spiro atoms. The minimum absolute atomic E-state index is 0.136. The van der Waals surface area contributed by atoms with Crippen LogP contribution >= 0.6 is 0 Å². The maximum absolute atomic E-state index is 13.0. The first-order chi connectivity index (χ1) is 13.7. The molecule has 1 atom stereocenters. The largest absolute Gasteiger partial charge is 0.310 e. The van der Waals surface area contributed by atoms with Crippen molar-refractivity contribution in [2.45, 2.75) is 12.3 Å². The summed E-state index contributed by atoms with van der Waals surface area (Å²) in [5.41, 5.74) is 2.02. The van der Waals surface area contributed by atoms with Crippen molar-refractivity contribution in [1.82, 2.24) is 9.97 Å². The molecule has 1 amide bonds. The summed E-state index contributed by atoms with van der Waals surface area (Å²) in [6.07, 6.45) is 0.223. The van der Waals surface area contributed by atoms with Gasteiger partial charge in [0.05, 0.1) is 5.56 Å². The lowest BCUT2D eigenvalue weighted by Gasteiger charge is -2.25. The molecular formula is C23H17N3O2. The third kappa shape index (κ3) is 2.77. The van der Waals surface area contributed by atoms with Gasteiger partial charge in [-0.05, 0) is 16.3 Å². The van der Waals surface area contributed by atoms with E-state index < -0.39 is 0 Å². The Bertz CT molecular complexity index is 1260. The molecule has 1 unspecified atom stereocenters. The van der Waals surface area contributed by atoms with Gasteiger partial charge < -0.3 is 10.3 Å². The Morgan fingerprint density at radius 1 is 0.857 bits per heavy atom. The van der Waals surface area contributed by atoms with Gasteiger partial charge in [0, 0.05) is 17.9 Å². The number of nitrogens with zero attached hydrogens (tertiary/aromatic N) is 1. The van der Waals surface area contributed by atoms with Crippen LogP contribution < -0.4 is 10.9 Å². The van der Waals surface area contributed by atoms with Crippen LogP contribution in [0, 0.1) is 0 Å². The standard InChI is InChI=1S/C23H17N3O2/c27-19-13-18(17-11-10-14-6-4-5-9-16(14)12-17)20-22(24-19)25-21(26-23(20)28)15-7-2-1-3-8-15/h1-12,18H,13H2,(H2,24,25,26,27,28). The lowest BCUT2D eigenvalue weighted by Crippen LogP contribution is -2.31. The van der Waals surface area contributed by atoms with Crippen molar-refractivity contribution < 1.29 is 4.79 Å². The Morgan fingerprint density at radius 3 is 2.43 bits per heavy atom. The molecule has 1 aromatic heterocycles. The van der Waals surface area contributed by atoms with E-state index in [1.54, 1.807) is 0 Å². The lowest BCUT2D eigenvalue weighted by atomic mass is 9.86. The van der Waals surface area contributed by atoms with E-state index >= 15 is 0 Å². The Labute approximate surface area is 161 Å². The number of carbonyl (C=O) groups excluding carboxylic acids is 1. The molecule has 0 saturated heterocycles. The first-order valence-corrected chi connectivity index (χ1v) is 9.17. The van der Waals surface area contributed by atoms with Crippen LogP contribution in [0.4, 0.5) is 5.82 Å². The van der Waals surface area contributed by atoms with Crippen molar-refractivity contribution in [2.24, 2.45) is 0 Å². The molecule has 0 aliphatic carbocycles. The average Bonchev–Trinajstić information content (AvgIpc) is 2.73. The summed E-state index contributed by atoms with van der Waals surface area (Å²) in [7, 11) is 0. The van der Waals surface area contributed by atoms with Crippen LogP contribution in [-0.2, 0) is 4.79 Å². The van der Waals surface area contributed by atoms with Gasteiger partial charge in [-0.3, -0.25) is 9.59 Å². The van der Waals surface area contributed by atoms with Crippen LogP contribution in [0.5, 0.6) is 0 Å². The SMILES string of the molecule is O=C1CC(c2ccc3ccccc3c2)c2c(nc(-c3ccccc3)[nH]c2=O)N1. The second kappa shape index (κ2) is 6.46. The van der Waals surface area contributed by atoms with E-state index in [1.807, 2.05) is 72.8 Å². The van der Waals surface area contributed by atoms with Crippen molar-refractivity contribution in [2.75, 3.05) is 5.32 Å². The van der Waals surface area contributed by atoms with Gasteiger partial charge in [-0.25, -0.2) is 4.98 Å². The molecule has 1 aliphatic heterocycles. The second-order valence-electron chi connectivity index (χ2n) is 6.95. The molecule has 5 heteroatoms. The zero-order valence-electron chi connectivity index (χ0n) is 15.0. The van der Waals surface area contributed by atoms with E-state index in [0.717, 1.165) is 21.9 Å². The number of hydrogen-bond donors (Lipinski definition) is 2. The monoisotopic (exact) mass is 367 g/mol. The van der Waals surface area contributed by atoms with Crippen LogP contribution in [0.1, 0.15) is 23.5 Å². The van der Waals surface area contributed by atoms with Gasteiger partial charge in [0.1, 0.15) is 11.6 Å². The van der Waals surface area contributed by atoms with Crippen molar-refractivity contribution in [3.63, 3.8) is 0 Å². The Hall–Kier alpha value is -3.73. The molecule has 1 aliphatic rings. The van der Waals surface area contributed by atoms with E-state index in [9.17, 15) is 9.59 Å². The number of fused-ring (bicyclic) bond motifs is 2. The van der Waals surface area contributed by atoms with Gasteiger partial charge in [0.2, 0.25) is 5.91 Å². The number of anilines is 1. The van der Waals surface area contributed by atoms with Gasteiger partial charge in [0.25, 0.3) is 5.56 Å². The summed E-state index contributed by atoms with van der Waals surface area (Å²) in [4.78, 5) is 32.8. The number of hydrogen-bond acceptors (Lipinski definition) is 3. The predicted molar refractivity (Wildman–Crippen MR) is 109 cm³/mol. The zero-order chi connectivity index (χ0) is 19.1. The molecule has 4 aromatic rings. The highest BCUT2D eigenvalue weighted by Gasteiger charge is 2.31. The van der Waals surface area contributed by atoms with Crippen LogP contribution in [0.25, 0.3) is 22.2 Å². The Morgan fingerprint density at radius 2 is 1.61 bits per heavy atom. The summed E-state index contributed by atoms with van der Waals surface area (Å²) in [5, 5.41) is 4.98. The first-order valence-electron chi connectivity index (χ1n) is 9.17. The maximum atomic E-state index is 13.0. The average molecular weight is 367 g/mol. The third-order valence-electron chi connectivity index (χ3n) is 5.17. The quantitative estimate of drug-likeness (QED) is 0.561. The van der Waals surface area contributed by atoms with Crippen molar-refractivity contribution in [1.29, 1.82) is 0 Å². The lowest BCUT2D eigenvalue weighted by molar-refractivity contribution is -0.116. The molecule has 5 nitrogen and oxygen atoms in total. The topological polar surface area (TPSA) is 74.8 Å². The highest BCUT2D eigenvalue weighted by atomic mass is 16.2. The third-order valence-corrected chi connectivity index (χ3v) is 5.17. The molecule has 5 rings (SSSR count). The first kappa shape index (κ1) is 16.4. The van der Waals surface area contributed by atoms with E-state index in [0.29, 0.717) is 17.2 Å².